The number of amides is 1. The maximum Gasteiger partial charge on any atom is 0.261 e. The van der Waals surface area contributed by atoms with Gasteiger partial charge in [-0.3, -0.25) is 4.79 Å². The Balaban J connectivity index is 2.52. The topological polar surface area (TPSA) is 47.6 Å². The molecule has 4 nitrogen and oxygen atoms in total. The molecule has 0 aliphatic heterocycles. The zero-order valence-electron chi connectivity index (χ0n) is 11.9. The van der Waals surface area contributed by atoms with Gasteiger partial charge in [-0.25, -0.2) is 0 Å². The minimum atomic E-state index is -0.440. The molecule has 0 heterocycles. The number of methoxy groups -OCH3 is 1. The number of unbranched alkanes of at least 4 members (excludes halogenated alkanes) is 1. The molecule has 0 spiro atoms. The van der Waals surface area contributed by atoms with E-state index in [0.717, 1.165) is 18.6 Å². The number of rotatable bonds is 8. The predicted octanol–water partition coefficient (Wildman–Crippen LogP) is 2.77. The first-order valence-corrected chi connectivity index (χ1v) is 6.79. The zero-order chi connectivity index (χ0) is 14.1. The lowest BCUT2D eigenvalue weighted by molar-refractivity contribution is -0.128. The Hall–Kier alpha value is -1.71. The van der Waals surface area contributed by atoms with Gasteiger partial charge in [0.2, 0.25) is 0 Å². The Morgan fingerprint density at radius 1 is 1.21 bits per heavy atom. The molecule has 4 heteroatoms. The number of carbonyl (C=O) groups is 1. The summed E-state index contributed by atoms with van der Waals surface area (Å²) in [6.07, 6.45) is 2.26. The standard InChI is InChI=1S/C15H23NO3/c1-4-6-11-16-15(17)14(5-2)19-13-9-7-12(18-3)8-10-13/h7-10,14H,4-6,11H2,1-3H3,(H,16,17)/t14-/m0/s1. The first kappa shape index (κ1) is 15.3. The molecule has 1 aromatic carbocycles. The normalized spacial score (nSPS) is 11.7. The molecule has 0 aliphatic carbocycles. The van der Waals surface area contributed by atoms with Crippen molar-refractivity contribution >= 4 is 5.91 Å². The first-order chi connectivity index (χ1) is 9.21. The zero-order valence-corrected chi connectivity index (χ0v) is 11.9. The summed E-state index contributed by atoms with van der Waals surface area (Å²) < 4.78 is 10.8. The van der Waals surface area contributed by atoms with Gasteiger partial charge in [-0.1, -0.05) is 20.3 Å². The minimum Gasteiger partial charge on any atom is -0.497 e. The van der Waals surface area contributed by atoms with Crippen molar-refractivity contribution in [2.24, 2.45) is 0 Å². The predicted molar refractivity (Wildman–Crippen MR) is 75.6 cm³/mol. The quantitative estimate of drug-likeness (QED) is 0.735. The number of nitrogens with one attached hydrogen (secondary N) is 1. The second-order valence-electron chi connectivity index (χ2n) is 4.33. The van der Waals surface area contributed by atoms with E-state index in [1.807, 2.05) is 19.1 Å². The van der Waals surface area contributed by atoms with Crippen LogP contribution in [0.25, 0.3) is 0 Å². The minimum absolute atomic E-state index is 0.0493. The van der Waals surface area contributed by atoms with Gasteiger partial charge in [0, 0.05) is 6.54 Å². The molecular weight excluding hydrogens is 242 g/mol. The summed E-state index contributed by atoms with van der Waals surface area (Å²) in [6.45, 7) is 4.74. The van der Waals surface area contributed by atoms with Crippen molar-refractivity contribution in [3.8, 4) is 11.5 Å². The molecule has 0 bridgehead atoms. The highest BCUT2D eigenvalue weighted by Crippen LogP contribution is 2.18. The average Bonchev–Trinajstić information content (AvgIpc) is 2.45. The van der Waals surface area contributed by atoms with Crippen LogP contribution in [0, 0.1) is 0 Å². The van der Waals surface area contributed by atoms with Crippen LogP contribution in [0.1, 0.15) is 33.1 Å². The maximum absolute atomic E-state index is 11.9. The fraction of sp³-hybridized carbons (Fsp3) is 0.533. The highest BCUT2D eigenvalue weighted by Gasteiger charge is 2.17. The highest BCUT2D eigenvalue weighted by molar-refractivity contribution is 5.81. The molecule has 0 aliphatic rings. The monoisotopic (exact) mass is 265 g/mol. The molecule has 0 fully saturated rings. The van der Waals surface area contributed by atoms with Crippen LogP contribution in [0.5, 0.6) is 11.5 Å². The molecule has 1 atom stereocenters. The van der Waals surface area contributed by atoms with Gasteiger partial charge in [0.15, 0.2) is 6.10 Å². The van der Waals surface area contributed by atoms with Crippen LogP contribution in [0.2, 0.25) is 0 Å². The molecule has 1 aromatic rings. The van der Waals surface area contributed by atoms with Gasteiger partial charge in [-0.15, -0.1) is 0 Å². The number of hydrogen-bond acceptors (Lipinski definition) is 3. The lowest BCUT2D eigenvalue weighted by atomic mass is 10.2. The van der Waals surface area contributed by atoms with E-state index in [4.69, 9.17) is 9.47 Å². The lowest BCUT2D eigenvalue weighted by Crippen LogP contribution is -2.38. The second-order valence-corrected chi connectivity index (χ2v) is 4.33. The summed E-state index contributed by atoms with van der Waals surface area (Å²) in [4.78, 5) is 11.9. The van der Waals surface area contributed by atoms with Crippen molar-refractivity contribution in [1.29, 1.82) is 0 Å². The SMILES string of the molecule is CCCCNC(=O)[C@H](CC)Oc1ccc(OC)cc1. The van der Waals surface area contributed by atoms with Crippen LogP contribution in [0.15, 0.2) is 24.3 Å². The van der Waals surface area contributed by atoms with Crippen LogP contribution in [0.3, 0.4) is 0 Å². The van der Waals surface area contributed by atoms with Gasteiger partial charge in [0.1, 0.15) is 11.5 Å². The molecule has 1 rings (SSSR count). The van der Waals surface area contributed by atoms with Crippen LogP contribution >= 0.6 is 0 Å². The van der Waals surface area contributed by atoms with Crippen LogP contribution in [-0.2, 0) is 4.79 Å². The fourth-order valence-corrected chi connectivity index (χ4v) is 1.64. The summed E-state index contributed by atoms with van der Waals surface area (Å²) in [7, 11) is 1.62. The van der Waals surface area contributed by atoms with Gasteiger partial charge >= 0.3 is 0 Å². The third-order valence-electron chi connectivity index (χ3n) is 2.83. The van der Waals surface area contributed by atoms with Gasteiger partial charge in [0.05, 0.1) is 7.11 Å². The van der Waals surface area contributed by atoms with E-state index in [0.29, 0.717) is 18.7 Å². The Kier molecular flexibility index (Phi) is 6.79. The van der Waals surface area contributed by atoms with E-state index in [-0.39, 0.29) is 5.91 Å². The molecule has 0 radical (unpaired) electrons. The number of benzene rings is 1. The number of carbonyl (C=O) groups excluding carboxylic acids is 1. The Morgan fingerprint density at radius 3 is 2.37 bits per heavy atom. The summed E-state index contributed by atoms with van der Waals surface area (Å²) in [5.74, 6) is 1.40. The molecule has 1 amide bonds. The number of ether oxygens (including phenoxy) is 2. The van der Waals surface area contributed by atoms with Crippen molar-refractivity contribution in [2.75, 3.05) is 13.7 Å². The van der Waals surface area contributed by atoms with E-state index in [2.05, 4.69) is 12.2 Å². The molecule has 0 unspecified atom stereocenters. The molecule has 1 N–H and O–H groups in total. The molecule has 0 saturated heterocycles. The third-order valence-corrected chi connectivity index (χ3v) is 2.83. The van der Waals surface area contributed by atoms with E-state index >= 15 is 0 Å². The molecule has 106 valence electrons. The summed E-state index contributed by atoms with van der Waals surface area (Å²) >= 11 is 0. The van der Waals surface area contributed by atoms with Crippen LogP contribution in [-0.4, -0.2) is 25.7 Å². The van der Waals surface area contributed by atoms with Gasteiger partial charge in [-0.05, 0) is 37.1 Å². The fourth-order valence-electron chi connectivity index (χ4n) is 1.64. The molecule has 0 saturated carbocycles. The Labute approximate surface area is 115 Å². The average molecular weight is 265 g/mol. The van der Waals surface area contributed by atoms with Crippen molar-refractivity contribution in [1.82, 2.24) is 5.32 Å². The van der Waals surface area contributed by atoms with Gasteiger partial charge in [0.25, 0.3) is 5.91 Å². The number of hydrogen-bond donors (Lipinski definition) is 1. The summed E-state index contributed by atoms with van der Waals surface area (Å²) in [5, 5.41) is 2.89. The Morgan fingerprint density at radius 2 is 1.84 bits per heavy atom. The lowest BCUT2D eigenvalue weighted by Gasteiger charge is -2.17. The van der Waals surface area contributed by atoms with Crippen molar-refractivity contribution < 1.29 is 14.3 Å². The highest BCUT2D eigenvalue weighted by atomic mass is 16.5. The van der Waals surface area contributed by atoms with Crippen LogP contribution < -0.4 is 14.8 Å². The second kappa shape index (κ2) is 8.40. The summed E-state index contributed by atoms with van der Waals surface area (Å²) in [5.41, 5.74) is 0. The van der Waals surface area contributed by atoms with Crippen molar-refractivity contribution in [3.63, 3.8) is 0 Å². The first-order valence-electron chi connectivity index (χ1n) is 6.79. The smallest absolute Gasteiger partial charge is 0.261 e. The van der Waals surface area contributed by atoms with Gasteiger partial charge < -0.3 is 14.8 Å². The third kappa shape index (κ3) is 5.20. The van der Waals surface area contributed by atoms with Crippen LogP contribution in [0.4, 0.5) is 0 Å². The molecule has 19 heavy (non-hydrogen) atoms. The maximum atomic E-state index is 11.9. The van der Waals surface area contributed by atoms with E-state index in [1.54, 1.807) is 19.2 Å². The van der Waals surface area contributed by atoms with E-state index in [9.17, 15) is 4.79 Å². The summed E-state index contributed by atoms with van der Waals surface area (Å²) in [6, 6.07) is 7.25. The molecule has 0 aromatic heterocycles. The van der Waals surface area contributed by atoms with Crippen molar-refractivity contribution in [3.05, 3.63) is 24.3 Å². The van der Waals surface area contributed by atoms with Gasteiger partial charge in [-0.2, -0.15) is 0 Å². The Bertz CT molecular complexity index is 375. The largest absolute Gasteiger partial charge is 0.497 e. The molecular formula is C15H23NO3. The van der Waals surface area contributed by atoms with E-state index < -0.39 is 6.10 Å². The van der Waals surface area contributed by atoms with E-state index in [1.165, 1.54) is 0 Å². The van der Waals surface area contributed by atoms with Crippen molar-refractivity contribution in [2.45, 2.75) is 39.2 Å².